The number of aromatic amines is 1. The second-order valence-electron chi connectivity index (χ2n) is 6.35. The Balaban J connectivity index is 2.08. The highest BCUT2D eigenvalue weighted by atomic mass is 32.2. The number of nitrogens with zero attached hydrogens (tertiary/aromatic N) is 2. The van der Waals surface area contributed by atoms with E-state index < -0.39 is 15.8 Å². The van der Waals surface area contributed by atoms with Crippen molar-refractivity contribution in [3.05, 3.63) is 75.7 Å². The molecule has 8 nitrogen and oxygen atoms in total. The molecule has 0 aliphatic rings. The zero-order chi connectivity index (χ0) is 21.2. The Kier molecular flexibility index (Phi) is 5.51. The van der Waals surface area contributed by atoms with Crippen LogP contribution >= 0.6 is 0 Å². The summed E-state index contributed by atoms with van der Waals surface area (Å²) in [5.41, 5.74) is 1.09. The van der Waals surface area contributed by atoms with E-state index >= 15 is 0 Å². The Morgan fingerprint density at radius 2 is 1.90 bits per heavy atom. The molecule has 0 saturated carbocycles. The molecule has 0 atom stereocenters. The highest BCUT2D eigenvalue weighted by Crippen LogP contribution is 2.23. The number of sulfone groups is 1. The molecule has 0 aliphatic carbocycles. The molecule has 0 unspecified atom stereocenters. The molecule has 0 bridgehead atoms. The van der Waals surface area contributed by atoms with E-state index in [4.69, 9.17) is 0 Å². The highest BCUT2D eigenvalue weighted by molar-refractivity contribution is 7.90. The first-order valence-electron chi connectivity index (χ1n) is 8.73. The smallest absolute Gasteiger partial charge is 0.337 e. The number of benzene rings is 2. The first-order chi connectivity index (χ1) is 13.7. The summed E-state index contributed by atoms with van der Waals surface area (Å²) in [5.74, 6) is -1.31. The Hall–Kier alpha value is -3.46. The van der Waals surface area contributed by atoms with Gasteiger partial charge in [-0.25, -0.2) is 17.9 Å². The third-order valence-electron chi connectivity index (χ3n) is 4.33. The van der Waals surface area contributed by atoms with E-state index in [1.165, 1.54) is 23.0 Å². The maximum Gasteiger partial charge on any atom is 0.337 e. The molecule has 0 aliphatic heterocycles. The number of aryl methyl sites for hydroxylation is 1. The number of hydrogen-bond acceptors (Lipinski definition) is 5. The minimum absolute atomic E-state index is 0.0545. The monoisotopic (exact) mass is 413 g/mol. The molecule has 3 rings (SSSR count). The van der Waals surface area contributed by atoms with Crippen LogP contribution in [-0.2, 0) is 16.3 Å². The van der Waals surface area contributed by atoms with Gasteiger partial charge in [-0.2, -0.15) is 0 Å². The molecule has 2 aromatic carbocycles. The molecule has 0 amide bonds. The van der Waals surface area contributed by atoms with E-state index in [1.807, 2.05) is 25.1 Å². The summed E-state index contributed by atoms with van der Waals surface area (Å²) < 4.78 is 24.8. The second kappa shape index (κ2) is 7.88. The minimum atomic E-state index is -3.56. The van der Waals surface area contributed by atoms with Crippen molar-refractivity contribution in [3.63, 3.8) is 0 Å². The fourth-order valence-corrected chi connectivity index (χ4v) is 3.47. The van der Waals surface area contributed by atoms with E-state index in [1.54, 1.807) is 12.1 Å². The number of aromatic nitrogens is 2. The summed E-state index contributed by atoms with van der Waals surface area (Å²) in [4.78, 5) is 28.4. The van der Waals surface area contributed by atoms with Crippen molar-refractivity contribution < 1.29 is 18.3 Å². The van der Waals surface area contributed by atoms with E-state index in [-0.39, 0.29) is 21.7 Å². The lowest BCUT2D eigenvalue weighted by molar-refractivity contribution is 0.0697. The zero-order valence-corrected chi connectivity index (χ0v) is 16.6. The second-order valence-corrected chi connectivity index (χ2v) is 8.36. The van der Waals surface area contributed by atoms with Gasteiger partial charge in [0.05, 0.1) is 27.4 Å². The lowest BCUT2D eigenvalue weighted by atomic mass is 10.2. The third-order valence-corrected chi connectivity index (χ3v) is 5.44. The number of carboxylic acids is 1. The molecular weight excluding hydrogens is 394 g/mol. The summed E-state index contributed by atoms with van der Waals surface area (Å²) >= 11 is 0. The third kappa shape index (κ3) is 4.19. The van der Waals surface area contributed by atoms with Gasteiger partial charge in [0.2, 0.25) is 0 Å². The number of carboxylic acid groups (broad SMARTS) is 1. The number of rotatable bonds is 6. The van der Waals surface area contributed by atoms with E-state index in [9.17, 15) is 23.1 Å². The SMILES string of the molecule is CCc1[nH]n(-c2ccccc2)c(=O)c1C=Nc1ccc(S(C)(=O)=O)cc1C(=O)O. The topological polar surface area (TPSA) is 122 Å². The predicted octanol–water partition coefficient (Wildman–Crippen LogP) is 2.58. The molecule has 3 aromatic rings. The van der Waals surface area contributed by atoms with Gasteiger partial charge < -0.3 is 5.11 Å². The summed E-state index contributed by atoms with van der Waals surface area (Å²) in [6.07, 6.45) is 2.84. The molecule has 1 aromatic heterocycles. The number of para-hydroxylation sites is 1. The summed E-state index contributed by atoms with van der Waals surface area (Å²) in [5, 5.41) is 12.5. The van der Waals surface area contributed by atoms with Crippen LogP contribution < -0.4 is 5.56 Å². The fourth-order valence-electron chi connectivity index (χ4n) is 2.82. The highest BCUT2D eigenvalue weighted by Gasteiger charge is 2.16. The zero-order valence-electron chi connectivity index (χ0n) is 15.8. The number of carbonyl (C=O) groups is 1. The number of hydrogen-bond donors (Lipinski definition) is 2. The van der Waals surface area contributed by atoms with Gasteiger partial charge >= 0.3 is 5.97 Å². The average Bonchev–Trinajstić information content (AvgIpc) is 3.01. The number of H-pyrrole nitrogens is 1. The Labute approximate surface area is 167 Å². The molecule has 0 fully saturated rings. The molecule has 2 N–H and O–H groups in total. The van der Waals surface area contributed by atoms with E-state index in [0.717, 1.165) is 12.3 Å². The predicted molar refractivity (Wildman–Crippen MR) is 110 cm³/mol. The first-order valence-corrected chi connectivity index (χ1v) is 10.6. The van der Waals surface area contributed by atoms with Gasteiger partial charge in [0.1, 0.15) is 0 Å². The molecule has 9 heteroatoms. The number of aliphatic imine (C=N–C) groups is 1. The van der Waals surface area contributed by atoms with Crippen molar-refractivity contribution in [1.29, 1.82) is 0 Å². The fraction of sp³-hybridized carbons (Fsp3) is 0.150. The Bertz CT molecular complexity index is 1260. The van der Waals surface area contributed by atoms with Crippen LogP contribution in [0.1, 0.15) is 28.5 Å². The van der Waals surface area contributed by atoms with Crippen LogP contribution in [0.5, 0.6) is 0 Å². The van der Waals surface area contributed by atoms with Gasteiger partial charge in [0, 0.05) is 18.2 Å². The van der Waals surface area contributed by atoms with Crippen molar-refractivity contribution in [2.24, 2.45) is 4.99 Å². The van der Waals surface area contributed by atoms with Crippen LogP contribution in [0.3, 0.4) is 0 Å². The van der Waals surface area contributed by atoms with Crippen molar-refractivity contribution in [2.75, 3.05) is 6.26 Å². The lowest BCUT2D eigenvalue weighted by Crippen LogP contribution is -2.17. The average molecular weight is 413 g/mol. The van der Waals surface area contributed by atoms with Crippen LogP contribution in [-0.4, -0.2) is 41.7 Å². The van der Waals surface area contributed by atoms with Crippen LogP contribution in [0, 0.1) is 0 Å². The number of nitrogens with one attached hydrogen (secondary N) is 1. The van der Waals surface area contributed by atoms with Crippen molar-refractivity contribution in [2.45, 2.75) is 18.2 Å². The molecular formula is C20H19N3O5S. The van der Waals surface area contributed by atoms with Gasteiger partial charge in [-0.15, -0.1) is 0 Å². The van der Waals surface area contributed by atoms with Crippen LogP contribution in [0.4, 0.5) is 5.69 Å². The van der Waals surface area contributed by atoms with Gasteiger partial charge in [-0.1, -0.05) is 25.1 Å². The summed E-state index contributed by atoms with van der Waals surface area (Å²) in [6, 6.07) is 12.7. The quantitative estimate of drug-likeness (QED) is 0.602. The normalized spacial score (nSPS) is 11.8. The summed E-state index contributed by atoms with van der Waals surface area (Å²) in [7, 11) is -3.56. The maximum absolute atomic E-state index is 12.8. The standard InChI is InChI=1S/C20H19N3O5S/c1-3-17-16(19(24)23(22-17)13-7-5-4-6-8-13)12-21-18-10-9-14(29(2,27)28)11-15(18)20(25)26/h4-12,22H,3H2,1-2H3,(H,25,26). The summed E-state index contributed by atoms with van der Waals surface area (Å²) in [6.45, 7) is 1.88. The van der Waals surface area contributed by atoms with Gasteiger partial charge in [-0.3, -0.25) is 14.9 Å². The van der Waals surface area contributed by atoms with E-state index in [0.29, 0.717) is 23.4 Å². The molecule has 150 valence electrons. The Morgan fingerprint density at radius 1 is 1.21 bits per heavy atom. The van der Waals surface area contributed by atoms with Crippen molar-refractivity contribution in [1.82, 2.24) is 9.78 Å². The van der Waals surface area contributed by atoms with Crippen molar-refractivity contribution in [3.8, 4) is 5.69 Å². The largest absolute Gasteiger partial charge is 0.478 e. The molecule has 0 saturated heterocycles. The Morgan fingerprint density at radius 3 is 2.48 bits per heavy atom. The molecule has 0 spiro atoms. The van der Waals surface area contributed by atoms with Crippen LogP contribution in [0.15, 0.2) is 63.2 Å². The van der Waals surface area contributed by atoms with Crippen LogP contribution in [0.2, 0.25) is 0 Å². The van der Waals surface area contributed by atoms with Gasteiger partial charge in [-0.05, 0) is 36.8 Å². The number of aromatic carboxylic acids is 1. The van der Waals surface area contributed by atoms with Crippen molar-refractivity contribution >= 4 is 27.7 Å². The minimum Gasteiger partial charge on any atom is -0.478 e. The van der Waals surface area contributed by atoms with Gasteiger partial charge in [0.15, 0.2) is 9.84 Å². The van der Waals surface area contributed by atoms with E-state index in [2.05, 4.69) is 10.1 Å². The molecule has 0 radical (unpaired) electrons. The lowest BCUT2D eigenvalue weighted by Gasteiger charge is -2.04. The molecule has 1 heterocycles. The molecule has 29 heavy (non-hydrogen) atoms. The maximum atomic E-state index is 12.8. The van der Waals surface area contributed by atoms with Crippen LogP contribution in [0.25, 0.3) is 5.69 Å². The first kappa shape index (κ1) is 20.3. The van der Waals surface area contributed by atoms with Gasteiger partial charge in [0.25, 0.3) is 5.56 Å².